The summed E-state index contributed by atoms with van der Waals surface area (Å²) in [6, 6.07) is 0. The van der Waals surface area contributed by atoms with E-state index >= 15 is 0 Å². The van der Waals surface area contributed by atoms with E-state index in [1.165, 1.54) is 0 Å². The number of nitrogens with one attached hydrogen (secondary N) is 1. The summed E-state index contributed by atoms with van der Waals surface area (Å²) in [5.74, 6) is -1.68. The maximum Gasteiger partial charge on any atom is 0.309 e. The molecule has 0 aliphatic rings. The van der Waals surface area contributed by atoms with Gasteiger partial charge in [-0.1, -0.05) is 12.8 Å². The van der Waals surface area contributed by atoms with E-state index < -0.39 is 11.8 Å². The molecule has 0 aromatic rings. The highest BCUT2D eigenvalue weighted by Gasteiger charge is 2.05. The summed E-state index contributed by atoms with van der Waals surface area (Å²) in [5, 5.41) is 10.8. The summed E-state index contributed by atoms with van der Waals surface area (Å²) in [4.78, 5) is 20.8. The summed E-state index contributed by atoms with van der Waals surface area (Å²) in [5.41, 5.74) is 4.71. The van der Waals surface area contributed by atoms with Gasteiger partial charge in [-0.3, -0.25) is 9.59 Å². The van der Waals surface area contributed by atoms with E-state index in [0.717, 1.165) is 25.7 Å². The Balaban J connectivity index is 3.16. The fourth-order valence-electron chi connectivity index (χ4n) is 0.879. The molecule has 5 nitrogen and oxygen atoms in total. The summed E-state index contributed by atoms with van der Waals surface area (Å²) in [6.45, 7) is 0.668. The quantitative estimate of drug-likeness (QED) is 0.374. The zero-order chi connectivity index (χ0) is 10.1. The van der Waals surface area contributed by atoms with E-state index in [1.807, 2.05) is 0 Å². The number of amides is 2. The largest absolute Gasteiger partial charge is 0.396 e. The Kier molecular flexibility index (Phi) is 6.91. The number of carbonyl (C=O) groups excluding carboxylic acids is 2. The third-order valence-electron chi connectivity index (χ3n) is 1.59. The van der Waals surface area contributed by atoms with Crippen molar-refractivity contribution in [2.24, 2.45) is 5.73 Å². The predicted molar refractivity (Wildman–Crippen MR) is 47.8 cm³/mol. The molecule has 0 aliphatic carbocycles. The highest BCUT2D eigenvalue weighted by molar-refractivity contribution is 6.34. The van der Waals surface area contributed by atoms with E-state index in [4.69, 9.17) is 10.8 Å². The molecule has 0 atom stereocenters. The Morgan fingerprint density at radius 2 is 1.77 bits per heavy atom. The number of hydrogen-bond acceptors (Lipinski definition) is 3. The molecule has 13 heavy (non-hydrogen) atoms. The third-order valence-corrected chi connectivity index (χ3v) is 1.59. The Hall–Kier alpha value is -1.10. The molecule has 0 saturated heterocycles. The molecule has 0 aromatic carbocycles. The van der Waals surface area contributed by atoms with E-state index in [1.54, 1.807) is 0 Å². The lowest BCUT2D eigenvalue weighted by atomic mass is 10.2. The Bertz CT molecular complexity index is 171. The minimum atomic E-state index is -0.949. The Labute approximate surface area is 77.3 Å². The summed E-state index contributed by atoms with van der Waals surface area (Å²) in [7, 11) is 0. The monoisotopic (exact) mass is 188 g/mol. The number of aliphatic hydroxyl groups is 1. The molecule has 0 fully saturated rings. The molecule has 2 amide bonds. The minimum absolute atomic E-state index is 0.202. The fourth-order valence-corrected chi connectivity index (χ4v) is 0.879. The first kappa shape index (κ1) is 11.9. The van der Waals surface area contributed by atoms with E-state index in [0.29, 0.717) is 6.54 Å². The van der Waals surface area contributed by atoms with Gasteiger partial charge in [0.25, 0.3) is 0 Å². The van der Waals surface area contributed by atoms with Crippen LogP contribution < -0.4 is 11.1 Å². The maximum absolute atomic E-state index is 10.6. The van der Waals surface area contributed by atoms with Crippen LogP contribution in [-0.2, 0) is 9.59 Å². The smallest absolute Gasteiger partial charge is 0.309 e. The van der Waals surface area contributed by atoms with E-state index in [2.05, 4.69) is 5.32 Å². The zero-order valence-corrected chi connectivity index (χ0v) is 7.58. The number of aliphatic hydroxyl groups excluding tert-OH is 1. The third kappa shape index (κ3) is 7.27. The lowest BCUT2D eigenvalue weighted by Gasteiger charge is -2.01. The molecule has 0 spiro atoms. The van der Waals surface area contributed by atoms with Crippen LogP contribution >= 0.6 is 0 Å². The van der Waals surface area contributed by atoms with Crippen molar-refractivity contribution in [3.05, 3.63) is 0 Å². The van der Waals surface area contributed by atoms with Crippen LogP contribution in [0.5, 0.6) is 0 Å². The standard InChI is InChI=1S/C8H16N2O3/c9-7(12)8(13)10-5-3-1-2-4-6-11/h11H,1-6H2,(H2,9,12)(H,10,13). The highest BCUT2D eigenvalue weighted by Crippen LogP contribution is 1.97. The molecule has 0 aromatic heterocycles. The molecule has 0 heterocycles. The van der Waals surface area contributed by atoms with Gasteiger partial charge in [-0.15, -0.1) is 0 Å². The zero-order valence-electron chi connectivity index (χ0n) is 7.58. The van der Waals surface area contributed by atoms with Crippen LogP contribution in [0.4, 0.5) is 0 Å². The predicted octanol–water partition coefficient (Wildman–Crippen LogP) is -0.859. The van der Waals surface area contributed by atoms with E-state index in [9.17, 15) is 9.59 Å². The van der Waals surface area contributed by atoms with Crippen molar-refractivity contribution in [3.63, 3.8) is 0 Å². The van der Waals surface area contributed by atoms with Crippen molar-refractivity contribution in [3.8, 4) is 0 Å². The summed E-state index contributed by atoms with van der Waals surface area (Å²) >= 11 is 0. The Morgan fingerprint density at radius 3 is 2.31 bits per heavy atom. The molecular weight excluding hydrogens is 172 g/mol. The molecule has 0 bridgehead atoms. The number of rotatable bonds is 6. The molecule has 5 heteroatoms. The van der Waals surface area contributed by atoms with Crippen molar-refractivity contribution in [1.82, 2.24) is 5.32 Å². The minimum Gasteiger partial charge on any atom is -0.396 e. The summed E-state index contributed by atoms with van der Waals surface area (Å²) in [6.07, 6.45) is 3.45. The molecular formula is C8H16N2O3. The number of carbonyl (C=O) groups is 2. The molecule has 0 unspecified atom stereocenters. The molecule has 0 rings (SSSR count). The van der Waals surface area contributed by atoms with Crippen LogP contribution in [0.1, 0.15) is 25.7 Å². The van der Waals surface area contributed by atoms with Gasteiger partial charge in [0.05, 0.1) is 0 Å². The van der Waals surface area contributed by atoms with Crippen molar-refractivity contribution in [2.45, 2.75) is 25.7 Å². The lowest BCUT2D eigenvalue weighted by Crippen LogP contribution is -2.36. The lowest BCUT2D eigenvalue weighted by molar-refractivity contribution is -0.137. The second kappa shape index (κ2) is 7.54. The normalized spacial score (nSPS) is 9.62. The second-order valence-electron chi connectivity index (χ2n) is 2.76. The number of hydrogen-bond donors (Lipinski definition) is 3. The van der Waals surface area contributed by atoms with Crippen LogP contribution in [0.15, 0.2) is 0 Å². The van der Waals surface area contributed by atoms with Gasteiger partial charge in [-0.25, -0.2) is 0 Å². The molecule has 76 valence electrons. The highest BCUT2D eigenvalue weighted by atomic mass is 16.3. The first-order valence-corrected chi connectivity index (χ1v) is 4.37. The maximum atomic E-state index is 10.6. The van der Waals surface area contributed by atoms with Gasteiger partial charge in [0.2, 0.25) is 0 Å². The molecule has 4 N–H and O–H groups in total. The summed E-state index contributed by atoms with van der Waals surface area (Å²) < 4.78 is 0. The van der Waals surface area contributed by atoms with Crippen molar-refractivity contribution in [2.75, 3.05) is 13.2 Å². The SMILES string of the molecule is NC(=O)C(=O)NCCCCCCO. The molecule has 0 aliphatic heterocycles. The molecule has 0 saturated carbocycles. The van der Waals surface area contributed by atoms with Crippen molar-refractivity contribution >= 4 is 11.8 Å². The average Bonchev–Trinajstić information content (AvgIpc) is 2.10. The van der Waals surface area contributed by atoms with Crippen molar-refractivity contribution in [1.29, 1.82) is 0 Å². The number of nitrogens with two attached hydrogens (primary N) is 1. The first-order chi connectivity index (χ1) is 6.18. The van der Waals surface area contributed by atoms with Gasteiger partial charge in [-0.05, 0) is 12.8 Å². The van der Waals surface area contributed by atoms with Crippen LogP contribution in [0.2, 0.25) is 0 Å². The van der Waals surface area contributed by atoms with Gasteiger partial charge in [0.15, 0.2) is 0 Å². The van der Waals surface area contributed by atoms with Crippen LogP contribution in [0.25, 0.3) is 0 Å². The van der Waals surface area contributed by atoms with Crippen LogP contribution in [-0.4, -0.2) is 30.1 Å². The van der Waals surface area contributed by atoms with Gasteiger partial charge >= 0.3 is 11.8 Å². The number of primary amides is 1. The number of unbranched alkanes of at least 4 members (excludes halogenated alkanes) is 3. The fraction of sp³-hybridized carbons (Fsp3) is 0.750. The van der Waals surface area contributed by atoms with Gasteiger partial charge in [-0.2, -0.15) is 0 Å². The first-order valence-electron chi connectivity index (χ1n) is 4.37. The average molecular weight is 188 g/mol. The van der Waals surface area contributed by atoms with Gasteiger partial charge < -0.3 is 16.2 Å². The topological polar surface area (TPSA) is 92.4 Å². The molecule has 0 radical (unpaired) electrons. The van der Waals surface area contributed by atoms with E-state index in [-0.39, 0.29) is 6.61 Å². The van der Waals surface area contributed by atoms with Gasteiger partial charge in [0, 0.05) is 13.2 Å². The van der Waals surface area contributed by atoms with Crippen molar-refractivity contribution < 1.29 is 14.7 Å². The Morgan fingerprint density at radius 1 is 1.15 bits per heavy atom. The van der Waals surface area contributed by atoms with Crippen LogP contribution in [0, 0.1) is 0 Å². The van der Waals surface area contributed by atoms with Crippen LogP contribution in [0.3, 0.4) is 0 Å². The second-order valence-corrected chi connectivity index (χ2v) is 2.76. The van der Waals surface area contributed by atoms with Gasteiger partial charge in [0.1, 0.15) is 0 Å².